The van der Waals surface area contributed by atoms with Crippen molar-refractivity contribution in [3.63, 3.8) is 0 Å². The number of carbonyl (C=O) groups is 1. The topological polar surface area (TPSA) is 49.9 Å². The largest absolute Gasteiger partial charge is 0.481 e. The lowest BCUT2D eigenvalue weighted by atomic mass is 9.96. The average molecular weight is 370 g/mol. The molecule has 0 aromatic heterocycles. The molecule has 0 bridgehead atoms. The lowest BCUT2D eigenvalue weighted by molar-refractivity contribution is -0.134. The molecule has 1 aromatic rings. The van der Waals surface area contributed by atoms with E-state index in [1.54, 1.807) is 17.0 Å². The first-order valence-electron chi connectivity index (χ1n) is 7.92. The van der Waals surface area contributed by atoms with Gasteiger partial charge in [0.2, 0.25) is 5.91 Å². The van der Waals surface area contributed by atoms with Crippen LogP contribution in [-0.4, -0.2) is 58.0 Å². The number of ether oxygens (including phenoxy) is 1. The van der Waals surface area contributed by atoms with Gasteiger partial charge in [0.15, 0.2) is 0 Å². The van der Waals surface area contributed by atoms with Crippen LogP contribution in [0, 0.1) is 0 Å². The Balaban J connectivity index is 2.00. The Morgan fingerprint density at radius 1 is 1.28 bits per heavy atom. The van der Waals surface area contributed by atoms with Crippen molar-refractivity contribution < 1.29 is 22.5 Å². The summed E-state index contributed by atoms with van der Waals surface area (Å²) < 4.78 is 43.1. The highest BCUT2D eigenvalue weighted by atomic mass is 32.2. The molecule has 25 heavy (non-hydrogen) atoms. The summed E-state index contributed by atoms with van der Waals surface area (Å²) in [5.41, 5.74) is 0.493. The normalized spacial score (nSPS) is 21.6. The number of hydrogen-bond acceptors (Lipinski definition) is 4. The molecule has 0 N–H and O–H groups in total. The van der Waals surface area contributed by atoms with Gasteiger partial charge in [-0.15, -0.1) is 0 Å². The maximum Gasteiger partial charge on any atom is 0.316 e. The van der Waals surface area contributed by atoms with Gasteiger partial charge in [0.1, 0.15) is 22.2 Å². The SMILES string of the molecule is CN1CCN(C2=Cc3cc(S(=O)C(F)F)ccc3OC2(C)C)C(=O)C1. The van der Waals surface area contributed by atoms with Crippen molar-refractivity contribution in [3.8, 4) is 5.75 Å². The van der Waals surface area contributed by atoms with E-state index in [0.717, 1.165) is 6.54 Å². The summed E-state index contributed by atoms with van der Waals surface area (Å²) in [7, 11) is -0.503. The predicted octanol–water partition coefficient (Wildman–Crippen LogP) is 2.30. The number of carbonyl (C=O) groups excluding carboxylic acids is 1. The fraction of sp³-hybridized carbons (Fsp3) is 0.471. The lowest BCUT2D eigenvalue weighted by Gasteiger charge is -2.42. The molecule has 2 aliphatic rings. The molecule has 1 unspecified atom stereocenters. The van der Waals surface area contributed by atoms with E-state index in [9.17, 15) is 17.8 Å². The van der Waals surface area contributed by atoms with E-state index in [0.29, 0.717) is 30.1 Å². The van der Waals surface area contributed by atoms with Gasteiger partial charge in [-0.1, -0.05) is 0 Å². The molecule has 3 rings (SSSR count). The third-order valence-corrected chi connectivity index (χ3v) is 5.39. The standard InChI is InChI=1S/C17H20F2N2O3S/c1-17(2)14(21-7-6-20(3)10-15(21)22)9-11-8-12(25(23)16(18)19)4-5-13(11)24-17/h4-5,8-9,16H,6-7,10H2,1-3H3. The molecule has 1 amide bonds. The van der Waals surface area contributed by atoms with E-state index < -0.39 is 22.2 Å². The first-order valence-corrected chi connectivity index (χ1v) is 9.13. The Hall–Kier alpha value is -1.80. The second kappa shape index (κ2) is 6.49. The van der Waals surface area contributed by atoms with E-state index in [-0.39, 0.29) is 10.8 Å². The minimum atomic E-state index is -2.94. The molecule has 1 aromatic carbocycles. The molecule has 2 heterocycles. The summed E-state index contributed by atoms with van der Waals surface area (Å²) in [6, 6.07) is 4.37. The number of alkyl halides is 2. The van der Waals surface area contributed by atoms with Crippen LogP contribution in [-0.2, 0) is 15.6 Å². The smallest absolute Gasteiger partial charge is 0.316 e. The fourth-order valence-corrected chi connectivity index (χ4v) is 3.71. The Morgan fingerprint density at radius 3 is 2.64 bits per heavy atom. The Morgan fingerprint density at radius 2 is 2.00 bits per heavy atom. The molecule has 1 saturated heterocycles. The van der Waals surface area contributed by atoms with Gasteiger partial charge in [-0.05, 0) is 45.2 Å². The second-order valence-corrected chi connectivity index (χ2v) is 8.11. The maximum atomic E-state index is 12.7. The summed E-state index contributed by atoms with van der Waals surface area (Å²) in [4.78, 5) is 16.1. The number of halogens is 2. The van der Waals surface area contributed by atoms with Crippen LogP contribution in [0.5, 0.6) is 5.75 Å². The number of hydrogen-bond donors (Lipinski definition) is 0. The molecule has 1 atom stereocenters. The predicted molar refractivity (Wildman–Crippen MR) is 90.7 cm³/mol. The number of likely N-dealkylation sites (N-methyl/N-ethyl adjacent to an activating group) is 1. The average Bonchev–Trinajstić information content (AvgIpc) is 2.53. The summed E-state index contributed by atoms with van der Waals surface area (Å²) in [6.07, 6.45) is 1.77. The first kappa shape index (κ1) is 18.0. The van der Waals surface area contributed by atoms with Crippen LogP contribution in [0.2, 0.25) is 0 Å². The molecule has 0 aliphatic carbocycles. The molecule has 2 aliphatic heterocycles. The molecule has 136 valence electrons. The van der Waals surface area contributed by atoms with Gasteiger partial charge in [0, 0.05) is 23.5 Å². The van der Waals surface area contributed by atoms with Crippen LogP contribution in [0.4, 0.5) is 8.78 Å². The van der Waals surface area contributed by atoms with Gasteiger partial charge in [-0.2, -0.15) is 8.78 Å². The highest BCUT2D eigenvalue weighted by Crippen LogP contribution is 2.38. The maximum absolute atomic E-state index is 12.7. The number of piperazine rings is 1. The van der Waals surface area contributed by atoms with Crippen LogP contribution >= 0.6 is 0 Å². The summed E-state index contributed by atoms with van der Waals surface area (Å²) in [6.45, 7) is 5.31. The Kier molecular flexibility index (Phi) is 4.68. The zero-order valence-corrected chi connectivity index (χ0v) is 15.1. The van der Waals surface area contributed by atoms with Crippen LogP contribution in [0.3, 0.4) is 0 Å². The monoisotopic (exact) mass is 370 g/mol. The number of fused-ring (bicyclic) bond motifs is 1. The van der Waals surface area contributed by atoms with Gasteiger partial charge in [0.05, 0.1) is 12.2 Å². The second-order valence-electron chi connectivity index (χ2n) is 6.68. The lowest BCUT2D eigenvalue weighted by Crippen LogP contribution is -2.53. The van der Waals surface area contributed by atoms with Crippen molar-refractivity contribution in [2.24, 2.45) is 0 Å². The van der Waals surface area contributed by atoms with Crippen LogP contribution in [0.1, 0.15) is 19.4 Å². The minimum Gasteiger partial charge on any atom is -0.481 e. The quantitative estimate of drug-likeness (QED) is 0.819. The van der Waals surface area contributed by atoms with E-state index in [4.69, 9.17) is 4.74 Å². The van der Waals surface area contributed by atoms with Crippen molar-refractivity contribution in [1.29, 1.82) is 0 Å². The van der Waals surface area contributed by atoms with Gasteiger partial charge in [0.25, 0.3) is 0 Å². The zero-order valence-electron chi connectivity index (χ0n) is 14.3. The molecule has 0 radical (unpaired) electrons. The number of amides is 1. The highest BCUT2D eigenvalue weighted by Gasteiger charge is 2.38. The Labute approximate surface area is 147 Å². The van der Waals surface area contributed by atoms with Crippen LogP contribution in [0.15, 0.2) is 28.8 Å². The van der Waals surface area contributed by atoms with Crippen molar-refractivity contribution in [3.05, 3.63) is 29.5 Å². The van der Waals surface area contributed by atoms with E-state index in [1.807, 2.05) is 25.8 Å². The number of nitrogens with zero attached hydrogens (tertiary/aromatic N) is 2. The summed E-state index contributed by atoms with van der Waals surface area (Å²) in [5, 5.41) is 0. The zero-order chi connectivity index (χ0) is 18.4. The molecule has 0 saturated carbocycles. The van der Waals surface area contributed by atoms with Crippen molar-refractivity contribution in [2.45, 2.75) is 30.1 Å². The van der Waals surface area contributed by atoms with E-state index in [2.05, 4.69) is 0 Å². The van der Waals surface area contributed by atoms with Crippen molar-refractivity contribution in [1.82, 2.24) is 9.80 Å². The van der Waals surface area contributed by atoms with Crippen molar-refractivity contribution in [2.75, 3.05) is 26.7 Å². The number of rotatable bonds is 3. The molecule has 0 spiro atoms. The summed E-state index contributed by atoms with van der Waals surface area (Å²) in [5.74, 6) is -2.46. The Bertz CT molecular complexity index is 764. The molecule has 5 nitrogen and oxygen atoms in total. The van der Waals surface area contributed by atoms with Gasteiger partial charge >= 0.3 is 5.76 Å². The summed E-state index contributed by atoms with van der Waals surface area (Å²) >= 11 is 0. The first-order chi connectivity index (χ1) is 11.7. The van der Waals surface area contributed by atoms with E-state index >= 15 is 0 Å². The van der Waals surface area contributed by atoms with Gasteiger partial charge < -0.3 is 9.64 Å². The van der Waals surface area contributed by atoms with Crippen LogP contribution in [0.25, 0.3) is 6.08 Å². The highest BCUT2D eigenvalue weighted by molar-refractivity contribution is 7.85. The third kappa shape index (κ3) is 3.46. The third-order valence-electron chi connectivity index (χ3n) is 4.35. The van der Waals surface area contributed by atoms with Crippen LogP contribution < -0.4 is 4.74 Å². The molecular formula is C17H20F2N2O3S. The fourth-order valence-electron chi connectivity index (χ4n) is 3.06. The number of benzene rings is 1. The molecule has 8 heteroatoms. The minimum absolute atomic E-state index is 0.0348. The van der Waals surface area contributed by atoms with Crippen molar-refractivity contribution >= 4 is 22.8 Å². The van der Waals surface area contributed by atoms with Gasteiger partial charge in [-0.25, -0.2) is 4.21 Å². The molecule has 1 fully saturated rings. The van der Waals surface area contributed by atoms with E-state index in [1.165, 1.54) is 12.1 Å². The molecular weight excluding hydrogens is 350 g/mol. The van der Waals surface area contributed by atoms with Gasteiger partial charge in [-0.3, -0.25) is 9.69 Å².